The molecule has 0 aliphatic rings. The number of aryl methyl sites for hydroxylation is 1. The first-order chi connectivity index (χ1) is 8.24. The van der Waals surface area contributed by atoms with Crippen LogP contribution in [0.25, 0.3) is 0 Å². The number of hydrogen-bond donors (Lipinski definition) is 0. The van der Waals surface area contributed by atoms with Crippen molar-refractivity contribution in [2.45, 2.75) is 19.9 Å². The van der Waals surface area contributed by atoms with Gasteiger partial charge in [0.05, 0.1) is 5.02 Å². The molecule has 1 aromatic heterocycles. The number of carbonyl (C=O) groups is 1. The summed E-state index contributed by atoms with van der Waals surface area (Å²) in [4.78, 5) is 15.1. The molecule has 0 bridgehead atoms. The normalized spacial score (nSPS) is 10.5. The molecule has 88 valence electrons. The molecule has 0 fully saturated rings. The number of nitrogens with zero attached hydrogens (tertiary/aromatic N) is 2. The van der Waals surface area contributed by atoms with Crippen molar-refractivity contribution in [3.63, 3.8) is 0 Å². The summed E-state index contributed by atoms with van der Waals surface area (Å²) >= 11 is 5.88. The van der Waals surface area contributed by atoms with E-state index in [1.807, 2.05) is 18.3 Å². The Kier molecular flexibility index (Phi) is 3.59. The number of halogens is 1. The van der Waals surface area contributed by atoms with Gasteiger partial charge in [0.2, 0.25) is 0 Å². The molecular weight excluding hydrogens is 236 g/mol. The van der Waals surface area contributed by atoms with Crippen LogP contribution in [-0.4, -0.2) is 15.8 Å². The summed E-state index contributed by atoms with van der Waals surface area (Å²) in [7, 11) is 0. The lowest BCUT2D eigenvalue weighted by atomic mass is 10.1. The molecule has 17 heavy (non-hydrogen) atoms. The third kappa shape index (κ3) is 2.56. The number of imidazole rings is 1. The topological polar surface area (TPSA) is 34.9 Å². The van der Waals surface area contributed by atoms with Crippen LogP contribution in [0.15, 0.2) is 30.6 Å². The van der Waals surface area contributed by atoms with Crippen molar-refractivity contribution in [1.82, 2.24) is 9.55 Å². The number of aromatic nitrogens is 2. The molecule has 1 aromatic carbocycles. The van der Waals surface area contributed by atoms with Crippen molar-refractivity contribution < 1.29 is 4.79 Å². The second kappa shape index (κ2) is 5.15. The molecular formula is C13H13ClN2O. The Labute approximate surface area is 105 Å². The number of aldehydes is 1. The SMILES string of the molecule is CCn1ccnc1Cc1ccc(Cl)c(C=O)c1. The molecule has 3 nitrogen and oxygen atoms in total. The lowest BCUT2D eigenvalue weighted by Gasteiger charge is -2.06. The first-order valence-corrected chi connectivity index (χ1v) is 5.86. The lowest BCUT2D eigenvalue weighted by Crippen LogP contribution is -2.02. The molecule has 0 aliphatic heterocycles. The zero-order chi connectivity index (χ0) is 12.3. The fourth-order valence-corrected chi connectivity index (χ4v) is 1.93. The van der Waals surface area contributed by atoms with Gasteiger partial charge in [-0.1, -0.05) is 17.7 Å². The standard InChI is InChI=1S/C13H13ClN2O/c1-2-16-6-5-15-13(16)8-10-3-4-12(14)11(7-10)9-17/h3-7,9H,2,8H2,1H3. The van der Waals surface area contributed by atoms with E-state index in [9.17, 15) is 4.79 Å². The van der Waals surface area contributed by atoms with Crippen molar-refractivity contribution in [3.8, 4) is 0 Å². The van der Waals surface area contributed by atoms with Crippen LogP contribution in [-0.2, 0) is 13.0 Å². The van der Waals surface area contributed by atoms with Gasteiger partial charge in [0.1, 0.15) is 5.82 Å². The molecule has 0 N–H and O–H groups in total. The van der Waals surface area contributed by atoms with Gasteiger partial charge in [0.15, 0.2) is 6.29 Å². The van der Waals surface area contributed by atoms with Crippen molar-refractivity contribution in [2.24, 2.45) is 0 Å². The average molecular weight is 249 g/mol. The van der Waals surface area contributed by atoms with Gasteiger partial charge in [-0.25, -0.2) is 4.98 Å². The van der Waals surface area contributed by atoms with Crippen molar-refractivity contribution in [1.29, 1.82) is 0 Å². The Morgan fingerprint density at radius 3 is 3.00 bits per heavy atom. The summed E-state index contributed by atoms with van der Waals surface area (Å²) in [5.41, 5.74) is 1.57. The van der Waals surface area contributed by atoms with Gasteiger partial charge >= 0.3 is 0 Å². The fourth-order valence-electron chi connectivity index (χ4n) is 1.77. The average Bonchev–Trinajstić information content (AvgIpc) is 2.79. The lowest BCUT2D eigenvalue weighted by molar-refractivity contribution is 0.112. The maximum atomic E-state index is 10.8. The van der Waals surface area contributed by atoms with E-state index in [0.717, 1.165) is 24.2 Å². The highest BCUT2D eigenvalue weighted by atomic mass is 35.5. The fraction of sp³-hybridized carbons (Fsp3) is 0.231. The van der Waals surface area contributed by atoms with Gasteiger partial charge in [-0.15, -0.1) is 0 Å². The van der Waals surface area contributed by atoms with Crippen LogP contribution in [0.2, 0.25) is 5.02 Å². The molecule has 0 amide bonds. The van der Waals surface area contributed by atoms with Crippen LogP contribution in [0.3, 0.4) is 0 Å². The third-order valence-corrected chi connectivity index (χ3v) is 3.04. The first kappa shape index (κ1) is 11.9. The number of benzene rings is 1. The molecule has 0 aliphatic carbocycles. The molecule has 0 saturated heterocycles. The molecule has 4 heteroatoms. The molecule has 0 radical (unpaired) electrons. The number of rotatable bonds is 4. The maximum absolute atomic E-state index is 10.8. The minimum atomic E-state index is 0.489. The molecule has 2 aromatic rings. The van der Waals surface area contributed by atoms with E-state index < -0.39 is 0 Å². The Morgan fingerprint density at radius 2 is 2.29 bits per heavy atom. The smallest absolute Gasteiger partial charge is 0.151 e. The molecule has 0 saturated carbocycles. The van der Waals surface area contributed by atoms with Crippen LogP contribution < -0.4 is 0 Å². The summed E-state index contributed by atoms with van der Waals surface area (Å²) in [6.07, 6.45) is 5.22. The minimum Gasteiger partial charge on any atom is -0.335 e. The quantitative estimate of drug-likeness (QED) is 0.780. The maximum Gasteiger partial charge on any atom is 0.151 e. The van der Waals surface area contributed by atoms with E-state index in [1.54, 1.807) is 12.3 Å². The first-order valence-electron chi connectivity index (χ1n) is 5.48. The molecule has 1 heterocycles. The highest BCUT2D eigenvalue weighted by Gasteiger charge is 2.05. The Morgan fingerprint density at radius 1 is 1.47 bits per heavy atom. The summed E-state index contributed by atoms with van der Waals surface area (Å²) < 4.78 is 2.08. The van der Waals surface area contributed by atoms with E-state index in [2.05, 4.69) is 16.5 Å². The summed E-state index contributed by atoms with van der Waals surface area (Å²) in [5.74, 6) is 0.992. The van der Waals surface area contributed by atoms with Crippen LogP contribution in [0.5, 0.6) is 0 Å². The van der Waals surface area contributed by atoms with Gasteiger partial charge < -0.3 is 4.57 Å². The second-order valence-corrected chi connectivity index (χ2v) is 4.19. The number of carbonyl (C=O) groups excluding carboxylic acids is 1. The van der Waals surface area contributed by atoms with E-state index in [1.165, 1.54) is 0 Å². The van der Waals surface area contributed by atoms with Gasteiger partial charge in [0.25, 0.3) is 0 Å². The summed E-state index contributed by atoms with van der Waals surface area (Å²) in [6, 6.07) is 5.48. The van der Waals surface area contributed by atoms with Crippen molar-refractivity contribution in [2.75, 3.05) is 0 Å². The zero-order valence-corrected chi connectivity index (χ0v) is 10.3. The Balaban J connectivity index is 2.27. The Hall–Kier alpha value is -1.61. The van der Waals surface area contributed by atoms with Crippen LogP contribution in [0, 0.1) is 0 Å². The highest BCUT2D eigenvalue weighted by molar-refractivity contribution is 6.32. The Bertz CT molecular complexity index is 534. The third-order valence-electron chi connectivity index (χ3n) is 2.69. The van der Waals surface area contributed by atoms with E-state index in [0.29, 0.717) is 17.0 Å². The second-order valence-electron chi connectivity index (χ2n) is 3.78. The van der Waals surface area contributed by atoms with E-state index >= 15 is 0 Å². The predicted octanol–water partition coefficient (Wildman–Crippen LogP) is 2.96. The van der Waals surface area contributed by atoms with Crippen LogP contribution in [0.4, 0.5) is 0 Å². The van der Waals surface area contributed by atoms with Gasteiger partial charge in [0, 0.05) is 30.9 Å². The molecule has 0 spiro atoms. The highest BCUT2D eigenvalue weighted by Crippen LogP contribution is 2.17. The van der Waals surface area contributed by atoms with Gasteiger partial charge in [-0.05, 0) is 24.6 Å². The monoisotopic (exact) mass is 248 g/mol. The van der Waals surface area contributed by atoms with Crippen molar-refractivity contribution in [3.05, 3.63) is 52.6 Å². The summed E-state index contributed by atoms with van der Waals surface area (Å²) in [6.45, 7) is 2.97. The van der Waals surface area contributed by atoms with Crippen molar-refractivity contribution >= 4 is 17.9 Å². The summed E-state index contributed by atoms with van der Waals surface area (Å²) in [5, 5.41) is 0.489. The largest absolute Gasteiger partial charge is 0.335 e. The van der Waals surface area contributed by atoms with Crippen LogP contribution in [0.1, 0.15) is 28.7 Å². The predicted molar refractivity (Wildman–Crippen MR) is 67.5 cm³/mol. The molecule has 2 rings (SSSR count). The van der Waals surface area contributed by atoms with Gasteiger partial charge in [-0.3, -0.25) is 4.79 Å². The van der Waals surface area contributed by atoms with Crippen LogP contribution >= 0.6 is 11.6 Å². The minimum absolute atomic E-state index is 0.489. The van der Waals surface area contributed by atoms with E-state index in [-0.39, 0.29) is 0 Å². The number of hydrogen-bond acceptors (Lipinski definition) is 2. The zero-order valence-electron chi connectivity index (χ0n) is 9.56. The van der Waals surface area contributed by atoms with E-state index in [4.69, 9.17) is 11.6 Å². The van der Waals surface area contributed by atoms with Gasteiger partial charge in [-0.2, -0.15) is 0 Å². The molecule has 0 unspecified atom stereocenters. The molecule has 0 atom stereocenters.